The summed E-state index contributed by atoms with van der Waals surface area (Å²) in [7, 11) is 2.13. The lowest BCUT2D eigenvalue weighted by Crippen LogP contribution is -2.41. The van der Waals surface area contributed by atoms with Gasteiger partial charge >= 0.3 is 0 Å². The Morgan fingerprint density at radius 2 is 1.97 bits per heavy atom. The number of nitrogens with zero attached hydrogens (tertiary/aromatic N) is 7. The van der Waals surface area contributed by atoms with Crippen molar-refractivity contribution < 1.29 is 0 Å². The Morgan fingerprint density at radius 1 is 1.13 bits per heavy atom. The van der Waals surface area contributed by atoms with E-state index in [0.717, 1.165) is 42.0 Å². The standard InChI is InChI=1S/C22H25N7O/c1-13-9-19(26-28-12-14(2)24-21(13)28)18-6-5-17-20(25-18)11-23-29(22(17)30)16-7-8-27(4)15(3)10-16/h5-6,9,11-12,15-16H,7-8,10H2,1-4H3. The Kier molecular flexibility index (Phi) is 4.39. The minimum absolute atomic E-state index is 0.0712. The van der Waals surface area contributed by atoms with E-state index < -0.39 is 0 Å². The van der Waals surface area contributed by atoms with E-state index >= 15 is 0 Å². The number of pyridine rings is 1. The molecular formula is C22H25N7O. The topological polar surface area (TPSA) is 81.2 Å². The minimum Gasteiger partial charge on any atom is -0.304 e. The summed E-state index contributed by atoms with van der Waals surface area (Å²) in [5.41, 5.74) is 4.77. The predicted octanol–water partition coefficient (Wildman–Crippen LogP) is 2.77. The number of hydrogen-bond acceptors (Lipinski definition) is 6. The van der Waals surface area contributed by atoms with Gasteiger partial charge in [-0.1, -0.05) is 0 Å². The van der Waals surface area contributed by atoms with E-state index in [1.54, 1.807) is 15.4 Å². The van der Waals surface area contributed by atoms with Crippen molar-refractivity contribution in [3.63, 3.8) is 0 Å². The number of imidazole rings is 1. The number of likely N-dealkylation sites (tertiary alicyclic amines) is 1. The molecule has 1 aliphatic rings. The van der Waals surface area contributed by atoms with E-state index in [-0.39, 0.29) is 11.6 Å². The molecule has 8 heteroatoms. The minimum atomic E-state index is -0.0712. The fraction of sp³-hybridized carbons (Fsp3) is 0.409. The molecule has 0 N–H and O–H groups in total. The molecule has 2 atom stereocenters. The first-order valence-electron chi connectivity index (χ1n) is 10.3. The molecule has 0 aliphatic carbocycles. The van der Waals surface area contributed by atoms with Crippen LogP contribution in [-0.2, 0) is 0 Å². The second-order valence-electron chi connectivity index (χ2n) is 8.39. The van der Waals surface area contributed by atoms with Crippen LogP contribution in [0.15, 0.2) is 35.4 Å². The highest BCUT2D eigenvalue weighted by Gasteiger charge is 2.26. The van der Waals surface area contributed by atoms with Crippen LogP contribution >= 0.6 is 0 Å². The van der Waals surface area contributed by atoms with E-state index in [4.69, 9.17) is 4.98 Å². The lowest BCUT2D eigenvalue weighted by atomic mass is 9.99. The van der Waals surface area contributed by atoms with Gasteiger partial charge in [-0.25, -0.2) is 19.2 Å². The van der Waals surface area contributed by atoms with Crippen LogP contribution in [0.3, 0.4) is 0 Å². The van der Waals surface area contributed by atoms with Gasteiger partial charge in [-0.2, -0.15) is 10.2 Å². The van der Waals surface area contributed by atoms with E-state index in [9.17, 15) is 4.79 Å². The van der Waals surface area contributed by atoms with E-state index in [0.29, 0.717) is 22.6 Å². The van der Waals surface area contributed by atoms with Gasteiger partial charge in [-0.3, -0.25) is 4.79 Å². The maximum absolute atomic E-state index is 13.1. The highest BCUT2D eigenvalue weighted by Crippen LogP contribution is 2.25. The number of aromatic nitrogens is 6. The van der Waals surface area contributed by atoms with Crippen molar-refractivity contribution in [1.29, 1.82) is 0 Å². The second kappa shape index (κ2) is 6.98. The summed E-state index contributed by atoms with van der Waals surface area (Å²) < 4.78 is 3.43. The number of piperidine rings is 1. The molecule has 1 fully saturated rings. The number of rotatable bonds is 2. The summed E-state index contributed by atoms with van der Waals surface area (Å²) in [6.45, 7) is 7.12. The molecule has 4 aromatic heterocycles. The zero-order chi connectivity index (χ0) is 21.0. The maximum Gasteiger partial charge on any atom is 0.276 e. The van der Waals surface area contributed by atoms with Crippen LogP contribution < -0.4 is 5.56 Å². The van der Waals surface area contributed by atoms with Gasteiger partial charge in [0.1, 0.15) is 5.69 Å². The molecule has 0 aromatic carbocycles. The van der Waals surface area contributed by atoms with Crippen LogP contribution in [0.5, 0.6) is 0 Å². The van der Waals surface area contributed by atoms with Gasteiger partial charge < -0.3 is 4.90 Å². The van der Waals surface area contributed by atoms with E-state index in [2.05, 4.69) is 34.1 Å². The highest BCUT2D eigenvalue weighted by molar-refractivity contribution is 5.79. The van der Waals surface area contributed by atoms with Gasteiger partial charge in [0.05, 0.1) is 40.7 Å². The Hall–Kier alpha value is -3.13. The van der Waals surface area contributed by atoms with Crippen molar-refractivity contribution in [2.75, 3.05) is 13.6 Å². The average molecular weight is 403 g/mol. The fourth-order valence-corrected chi connectivity index (χ4v) is 4.31. The van der Waals surface area contributed by atoms with Gasteiger partial charge in [0.2, 0.25) is 0 Å². The van der Waals surface area contributed by atoms with Crippen LogP contribution in [0.4, 0.5) is 0 Å². The van der Waals surface area contributed by atoms with Crippen molar-refractivity contribution >= 4 is 16.6 Å². The molecule has 0 bridgehead atoms. The highest BCUT2D eigenvalue weighted by atomic mass is 16.1. The Labute approximate surface area is 174 Å². The van der Waals surface area contributed by atoms with Crippen LogP contribution in [0.25, 0.3) is 27.9 Å². The lowest BCUT2D eigenvalue weighted by Gasteiger charge is -2.35. The molecule has 154 valence electrons. The zero-order valence-corrected chi connectivity index (χ0v) is 17.7. The maximum atomic E-state index is 13.1. The molecule has 1 saturated heterocycles. The third-order valence-corrected chi connectivity index (χ3v) is 6.19. The second-order valence-corrected chi connectivity index (χ2v) is 8.39. The van der Waals surface area contributed by atoms with Crippen molar-refractivity contribution in [3.05, 3.63) is 52.2 Å². The molecule has 8 nitrogen and oxygen atoms in total. The zero-order valence-electron chi connectivity index (χ0n) is 17.7. The van der Waals surface area contributed by atoms with Crippen LogP contribution in [0.1, 0.15) is 37.1 Å². The first-order chi connectivity index (χ1) is 14.4. The molecule has 0 amide bonds. The molecule has 30 heavy (non-hydrogen) atoms. The van der Waals surface area contributed by atoms with E-state index in [1.807, 2.05) is 38.2 Å². The lowest BCUT2D eigenvalue weighted by molar-refractivity contribution is 0.148. The molecule has 1 aliphatic heterocycles. The van der Waals surface area contributed by atoms with Crippen molar-refractivity contribution in [2.24, 2.45) is 0 Å². The first kappa shape index (κ1) is 18.9. The fourth-order valence-electron chi connectivity index (χ4n) is 4.31. The number of aryl methyl sites for hydroxylation is 2. The normalized spacial score (nSPS) is 20.3. The summed E-state index contributed by atoms with van der Waals surface area (Å²) in [4.78, 5) is 24.6. The van der Waals surface area contributed by atoms with Gasteiger partial charge in [-0.15, -0.1) is 0 Å². The molecule has 5 heterocycles. The third kappa shape index (κ3) is 3.08. The average Bonchev–Trinajstić information content (AvgIpc) is 3.11. The quantitative estimate of drug-likeness (QED) is 0.512. The summed E-state index contributed by atoms with van der Waals surface area (Å²) in [6.07, 6.45) is 5.46. The number of hydrogen-bond donors (Lipinski definition) is 0. The summed E-state index contributed by atoms with van der Waals surface area (Å²) in [6, 6.07) is 6.25. The molecule has 4 aromatic rings. The monoisotopic (exact) mass is 403 g/mol. The predicted molar refractivity (Wildman–Crippen MR) is 116 cm³/mol. The first-order valence-corrected chi connectivity index (χ1v) is 10.3. The van der Waals surface area contributed by atoms with Gasteiger partial charge in [-0.05, 0) is 64.4 Å². The molecule has 2 unspecified atom stereocenters. The number of fused-ring (bicyclic) bond motifs is 2. The molecule has 0 saturated carbocycles. The molecular weight excluding hydrogens is 378 g/mol. The Bertz CT molecular complexity index is 1320. The molecule has 0 radical (unpaired) electrons. The van der Waals surface area contributed by atoms with Crippen molar-refractivity contribution in [1.82, 2.24) is 34.3 Å². The van der Waals surface area contributed by atoms with Crippen LogP contribution in [-0.4, -0.2) is 53.9 Å². The largest absolute Gasteiger partial charge is 0.304 e. The third-order valence-electron chi connectivity index (χ3n) is 6.19. The van der Waals surface area contributed by atoms with Crippen molar-refractivity contribution in [3.8, 4) is 11.4 Å². The summed E-state index contributed by atoms with van der Waals surface area (Å²) in [5, 5.41) is 9.72. The smallest absolute Gasteiger partial charge is 0.276 e. The summed E-state index contributed by atoms with van der Waals surface area (Å²) >= 11 is 0. The molecule has 0 spiro atoms. The Morgan fingerprint density at radius 3 is 2.77 bits per heavy atom. The van der Waals surface area contributed by atoms with Crippen LogP contribution in [0, 0.1) is 13.8 Å². The van der Waals surface area contributed by atoms with Gasteiger partial charge in [0, 0.05) is 12.6 Å². The van der Waals surface area contributed by atoms with Gasteiger partial charge in [0.25, 0.3) is 5.56 Å². The van der Waals surface area contributed by atoms with E-state index in [1.165, 1.54) is 0 Å². The SMILES string of the molecule is Cc1cn2nc(-c3ccc4c(=O)n(C5CCN(C)C(C)C5)ncc4n3)cc(C)c2n1. The molecule has 5 rings (SSSR count). The Balaban J connectivity index is 1.55. The van der Waals surface area contributed by atoms with Gasteiger partial charge in [0.15, 0.2) is 5.65 Å². The van der Waals surface area contributed by atoms with Crippen LogP contribution in [0.2, 0.25) is 0 Å². The van der Waals surface area contributed by atoms with Crippen molar-refractivity contribution in [2.45, 2.75) is 45.7 Å². The summed E-state index contributed by atoms with van der Waals surface area (Å²) in [5.74, 6) is 0.